The summed E-state index contributed by atoms with van der Waals surface area (Å²) < 4.78 is 4.95. The molecule has 0 aliphatic rings. The fourth-order valence-electron chi connectivity index (χ4n) is 1.25. The lowest BCUT2D eigenvalue weighted by Gasteiger charge is -2.10. The topological polar surface area (TPSA) is 90.2 Å². The number of ether oxygens (including phenoxy) is 1. The first-order chi connectivity index (χ1) is 8.97. The number of aliphatic hydroxyl groups is 4. The Labute approximate surface area is 117 Å². The Morgan fingerprint density at radius 2 is 1.58 bits per heavy atom. The molecule has 4 N–H and O–H groups in total. The molecule has 0 aromatic heterocycles. The molecule has 0 rings (SSSR count). The Morgan fingerprint density at radius 3 is 2.00 bits per heavy atom. The van der Waals surface area contributed by atoms with Crippen LogP contribution in [0.3, 0.4) is 0 Å². The van der Waals surface area contributed by atoms with Crippen molar-refractivity contribution >= 4 is 0 Å². The second-order valence-corrected chi connectivity index (χ2v) is 4.86. The van der Waals surface area contributed by atoms with E-state index in [1.807, 2.05) is 0 Å². The number of aliphatic hydroxyl groups excluding tert-OH is 4. The summed E-state index contributed by atoms with van der Waals surface area (Å²) in [4.78, 5) is 0. The lowest BCUT2D eigenvalue weighted by Crippen LogP contribution is -2.19. The van der Waals surface area contributed by atoms with Crippen LogP contribution < -0.4 is 0 Å². The predicted octanol–water partition coefficient (Wildman–Crippen LogP) is 1.07. The van der Waals surface area contributed by atoms with E-state index in [4.69, 9.17) is 25.2 Å². The molecule has 0 amide bonds. The average molecular weight is 280 g/mol. The maximum atomic E-state index is 8.91. The SMILES string of the molecule is CC(O)COC(C)CO.CCCCCCC(O)CO. The van der Waals surface area contributed by atoms with Gasteiger partial charge in [-0.1, -0.05) is 32.6 Å². The summed E-state index contributed by atoms with van der Waals surface area (Å²) in [6.07, 6.45) is 4.31. The Hall–Kier alpha value is -0.200. The van der Waals surface area contributed by atoms with Crippen LogP contribution in [0.2, 0.25) is 0 Å². The van der Waals surface area contributed by atoms with E-state index in [0.29, 0.717) is 6.61 Å². The summed E-state index contributed by atoms with van der Waals surface area (Å²) in [7, 11) is 0. The molecule has 0 fully saturated rings. The van der Waals surface area contributed by atoms with E-state index >= 15 is 0 Å². The molecule has 0 heterocycles. The van der Waals surface area contributed by atoms with E-state index in [1.165, 1.54) is 19.3 Å². The van der Waals surface area contributed by atoms with Crippen LogP contribution in [0.25, 0.3) is 0 Å². The van der Waals surface area contributed by atoms with E-state index < -0.39 is 12.2 Å². The minimum atomic E-state index is -0.489. The third-order valence-corrected chi connectivity index (χ3v) is 2.48. The fourth-order valence-corrected chi connectivity index (χ4v) is 1.25. The molecule has 19 heavy (non-hydrogen) atoms. The van der Waals surface area contributed by atoms with Crippen molar-refractivity contribution in [2.45, 2.75) is 71.2 Å². The number of rotatable bonds is 10. The number of hydrogen-bond acceptors (Lipinski definition) is 5. The van der Waals surface area contributed by atoms with Crippen molar-refractivity contribution in [3.05, 3.63) is 0 Å². The highest BCUT2D eigenvalue weighted by Crippen LogP contribution is 2.04. The molecule has 3 atom stereocenters. The molecule has 0 aromatic carbocycles. The molecule has 0 aliphatic carbocycles. The van der Waals surface area contributed by atoms with Crippen LogP contribution in [0, 0.1) is 0 Å². The summed E-state index contributed by atoms with van der Waals surface area (Å²) in [6, 6.07) is 0. The smallest absolute Gasteiger partial charge is 0.0779 e. The van der Waals surface area contributed by atoms with Gasteiger partial charge in [-0.3, -0.25) is 0 Å². The maximum Gasteiger partial charge on any atom is 0.0779 e. The van der Waals surface area contributed by atoms with Crippen LogP contribution in [0.15, 0.2) is 0 Å². The minimum absolute atomic E-state index is 0.00667. The van der Waals surface area contributed by atoms with Crippen molar-refractivity contribution in [1.82, 2.24) is 0 Å². The molecule has 0 saturated heterocycles. The van der Waals surface area contributed by atoms with Crippen molar-refractivity contribution < 1.29 is 25.2 Å². The first kappa shape index (κ1) is 21.1. The predicted molar refractivity (Wildman–Crippen MR) is 76.0 cm³/mol. The van der Waals surface area contributed by atoms with Crippen LogP contribution in [-0.4, -0.2) is 58.6 Å². The Morgan fingerprint density at radius 1 is 0.947 bits per heavy atom. The van der Waals surface area contributed by atoms with Crippen molar-refractivity contribution in [2.75, 3.05) is 19.8 Å². The molecular formula is C14H32O5. The first-order valence-electron chi connectivity index (χ1n) is 7.17. The van der Waals surface area contributed by atoms with Gasteiger partial charge in [0, 0.05) is 0 Å². The van der Waals surface area contributed by atoms with Crippen LogP contribution >= 0.6 is 0 Å². The monoisotopic (exact) mass is 280 g/mol. The molecule has 0 bridgehead atoms. The molecule has 0 aliphatic heterocycles. The highest BCUT2D eigenvalue weighted by atomic mass is 16.5. The largest absolute Gasteiger partial charge is 0.394 e. The second kappa shape index (κ2) is 15.9. The van der Waals surface area contributed by atoms with E-state index in [0.717, 1.165) is 12.8 Å². The molecular weight excluding hydrogens is 248 g/mol. The van der Waals surface area contributed by atoms with Crippen LogP contribution in [-0.2, 0) is 4.74 Å². The molecule has 5 heteroatoms. The highest BCUT2D eigenvalue weighted by molar-refractivity contribution is 4.52. The van der Waals surface area contributed by atoms with Gasteiger partial charge in [-0.05, 0) is 20.3 Å². The van der Waals surface area contributed by atoms with Gasteiger partial charge in [0.15, 0.2) is 0 Å². The van der Waals surface area contributed by atoms with Gasteiger partial charge in [0.05, 0.1) is 38.1 Å². The summed E-state index contributed by atoms with van der Waals surface area (Å²) in [6.45, 7) is 5.76. The average Bonchev–Trinajstić information content (AvgIpc) is 2.41. The number of unbranched alkanes of at least 4 members (excludes halogenated alkanes) is 3. The maximum absolute atomic E-state index is 8.91. The lowest BCUT2D eigenvalue weighted by atomic mass is 10.1. The Kier molecular flexibility index (Phi) is 17.6. The lowest BCUT2D eigenvalue weighted by molar-refractivity contribution is -0.0177. The third-order valence-electron chi connectivity index (χ3n) is 2.48. The molecule has 0 spiro atoms. The zero-order chi connectivity index (χ0) is 15.1. The van der Waals surface area contributed by atoms with E-state index in [2.05, 4.69) is 6.92 Å². The Balaban J connectivity index is 0. The van der Waals surface area contributed by atoms with Gasteiger partial charge in [0.2, 0.25) is 0 Å². The van der Waals surface area contributed by atoms with Gasteiger partial charge >= 0.3 is 0 Å². The Bertz CT molecular complexity index is 164. The molecule has 0 saturated carbocycles. The van der Waals surface area contributed by atoms with Gasteiger partial charge in [0.1, 0.15) is 0 Å². The second-order valence-electron chi connectivity index (χ2n) is 4.86. The standard InChI is InChI=1S/C8H18O2.C6H14O3/c1-2-3-4-5-6-8(10)7-9;1-5(8)4-9-6(2)3-7/h8-10H,2-7H2,1H3;5-8H,3-4H2,1-2H3. The van der Waals surface area contributed by atoms with Crippen LogP contribution in [0.5, 0.6) is 0 Å². The molecule has 3 unspecified atom stereocenters. The van der Waals surface area contributed by atoms with E-state index in [9.17, 15) is 0 Å². The minimum Gasteiger partial charge on any atom is -0.394 e. The molecule has 118 valence electrons. The summed E-state index contributed by atoms with van der Waals surface area (Å²) >= 11 is 0. The van der Waals surface area contributed by atoms with Crippen molar-refractivity contribution in [3.63, 3.8) is 0 Å². The first-order valence-corrected chi connectivity index (χ1v) is 7.17. The quantitative estimate of drug-likeness (QED) is 0.450. The van der Waals surface area contributed by atoms with Gasteiger partial charge in [0.25, 0.3) is 0 Å². The van der Waals surface area contributed by atoms with Gasteiger partial charge in [-0.25, -0.2) is 0 Å². The number of hydrogen-bond donors (Lipinski definition) is 4. The molecule has 5 nitrogen and oxygen atoms in total. The van der Waals surface area contributed by atoms with Crippen molar-refractivity contribution in [2.24, 2.45) is 0 Å². The fraction of sp³-hybridized carbons (Fsp3) is 1.00. The summed E-state index contributed by atoms with van der Waals surface area (Å²) in [5.41, 5.74) is 0. The summed E-state index contributed by atoms with van der Waals surface area (Å²) in [5, 5.41) is 34.5. The van der Waals surface area contributed by atoms with E-state index in [1.54, 1.807) is 13.8 Å². The normalized spacial score (nSPS) is 15.3. The van der Waals surface area contributed by atoms with Gasteiger partial charge < -0.3 is 25.2 Å². The van der Waals surface area contributed by atoms with Crippen LogP contribution in [0.1, 0.15) is 52.9 Å². The van der Waals surface area contributed by atoms with Gasteiger partial charge in [-0.2, -0.15) is 0 Å². The molecule has 0 radical (unpaired) electrons. The van der Waals surface area contributed by atoms with Crippen molar-refractivity contribution in [1.29, 1.82) is 0 Å². The van der Waals surface area contributed by atoms with Crippen molar-refractivity contribution in [3.8, 4) is 0 Å². The molecule has 0 aromatic rings. The van der Waals surface area contributed by atoms with Crippen LogP contribution in [0.4, 0.5) is 0 Å². The van der Waals surface area contributed by atoms with E-state index in [-0.39, 0.29) is 19.3 Å². The van der Waals surface area contributed by atoms with Gasteiger partial charge in [-0.15, -0.1) is 0 Å². The third kappa shape index (κ3) is 20.3. The zero-order valence-electron chi connectivity index (χ0n) is 12.6. The zero-order valence-corrected chi connectivity index (χ0v) is 12.6. The highest BCUT2D eigenvalue weighted by Gasteiger charge is 2.01. The summed E-state index contributed by atoms with van der Waals surface area (Å²) in [5.74, 6) is 0.